The molecule has 3 rings (SSSR count). The first-order valence-corrected chi connectivity index (χ1v) is 10.1. The van der Waals surface area contributed by atoms with E-state index in [1.165, 1.54) is 4.90 Å². The Balaban J connectivity index is 1.99. The highest BCUT2D eigenvalue weighted by atomic mass is 16.5. The lowest BCUT2D eigenvalue weighted by molar-refractivity contribution is -0.137. The van der Waals surface area contributed by atoms with Gasteiger partial charge in [-0.25, -0.2) is 0 Å². The maximum Gasteiger partial charge on any atom is 0.278 e. The number of hydrogen-bond donors (Lipinski definition) is 1. The first kappa shape index (κ1) is 21.6. The van der Waals surface area contributed by atoms with Crippen LogP contribution < -0.4 is 10.1 Å². The van der Waals surface area contributed by atoms with Gasteiger partial charge >= 0.3 is 0 Å². The normalized spacial score (nSPS) is 13.9. The van der Waals surface area contributed by atoms with Crippen LogP contribution in [0.5, 0.6) is 5.75 Å². The number of amides is 2. The van der Waals surface area contributed by atoms with Gasteiger partial charge in [0.1, 0.15) is 11.4 Å². The van der Waals surface area contributed by atoms with Crippen molar-refractivity contribution in [2.24, 2.45) is 0 Å². The molecule has 2 aromatic rings. The van der Waals surface area contributed by atoms with Crippen molar-refractivity contribution in [1.29, 1.82) is 0 Å². The van der Waals surface area contributed by atoms with Gasteiger partial charge in [0.25, 0.3) is 11.8 Å². The van der Waals surface area contributed by atoms with E-state index < -0.39 is 0 Å². The summed E-state index contributed by atoms with van der Waals surface area (Å²) in [6.07, 6.45) is 0.915. The lowest BCUT2D eigenvalue weighted by Crippen LogP contribution is -2.35. The van der Waals surface area contributed by atoms with Gasteiger partial charge in [-0.15, -0.1) is 0 Å². The summed E-state index contributed by atoms with van der Waals surface area (Å²) in [6.45, 7) is 7.14. The highest BCUT2D eigenvalue weighted by molar-refractivity contribution is 6.36. The first-order valence-electron chi connectivity index (χ1n) is 10.1. The number of nitrogens with zero attached hydrogens (tertiary/aromatic N) is 1. The number of ether oxygens (including phenoxy) is 2. The second-order valence-electron chi connectivity index (χ2n) is 7.32. The van der Waals surface area contributed by atoms with Gasteiger partial charge in [-0.2, -0.15) is 0 Å². The van der Waals surface area contributed by atoms with E-state index in [-0.39, 0.29) is 30.7 Å². The minimum atomic E-state index is -0.349. The van der Waals surface area contributed by atoms with E-state index in [2.05, 4.69) is 5.32 Å². The number of carbonyl (C=O) groups is 2. The minimum absolute atomic E-state index is 0.202. The fourth-order valence-corrected chi connectivity index (χ4v) is 3.37. The van der Waals surface area contributed by atoms with Crippen LogP contribution >= 0.6 is 0 Å². The summed E-state index contributed by atoms with van der Waals surface area (Å²) < 4.78 is 10.7. The molecule has 1 aliphatic rings. The fraction of sp³-hybridized carbons (Fsp3) is 0.333. The van der Waals surface area contributed by atoms with Crippen molar-refractivity contribution in [2.45, 2.75) is 27.2 Å². The van der Waals surface area contributed by atoms with Gasteiger partial charge in [0, 0.05) is 12.8 Å². The standard InChI is InChI=1S/C24H28N2O4/c1-5-13-30-19-9-7-18(8-10-19)21-22(24(28)26(23(21)27)12-14-29-4)25-20-11-6-16(2)15-17(20)3/h6-11,15,25H,5,12-14H2,1-4H3. The van der Waals surface area contributed by atoms with Gasteiger partial charge in [-0.1, -0.05) is 36.8 Å². The Morgan fingerprint density at radius 1 is 0.967 bits per heavy atom. The second kappa shape index (κ2) is 9.59. The van der Waals surface area contributed by atoms with Crippen LogP contribution in [0.25, 0.3) is 5.57 Å². The van der Waals surface area contributed by atoms with Crippen molar-refractivity contribution in [3.8, 4) is 5.75 Å². The molecule has 0 unspecified atom stereocenters. The summed E-state index contributed by atoms with van der Waals surface area (Å²) in [7, 11) is 1.54. The van der Waals surface area contributed by atoms with Crippen LogP contribution in [-0.2, 0) is 14.3 Å². The highest BCUT2D eigenvalue weighted by Crippen LogP contribution is 2.32. The SMILES string of the molecule is CCCOc1ccc(C2=C(Nc3ccc(C)cc3C)C(=O)N(CCOC)C2=O)cc1. The molecule has 2 aromatic carbocycles. The van der Waals surface area contributed by atoms with Crippen LogP contribution in [0.15, 0.2) is 48.2 Å². The van der Waals surface area contributed by atoms with E-state index in [0.717, 1.165) is 29.0 Å². The summed E-state index contributed by atoms with van der Waals surface area (Å²) >= 11 is 0. The van der Waals surface area contributed by atoms with Crippen molar-refractivity contribution in [3.05, 3.63) is 64.9 Å². The van der Waals surface area contributed by atoms with Crippen molar-refractivity contribution in [1.82, 2.24) is 4.90 Å². The van der Waals surface area contributed by atoms with E-state index in [0.29, 0.717) is 17.7 Å². The average Bonchev–Trinajstić information content (AvgIpc) is 2.96. The zero-order valence-corrected chi connectivity index (χ0v) is 18.0. The largest absolute Gasteiger partial charge is 0.494 e. The molecule has 1 N–H and O–H groups in total. The molecule has 6 heteroatoms. The molecule has 6 nitrogen and oxygen atoms in total. The van der Waals surface area contributed by atoms with Gasteiger partial charge in [-0.05, 0) is 49.6 Å². The molecule has 0 aromatic heterocycles. The molecular weight excluding hydrogens is 380 g/mol. The number of hydrogen-bond acceptors (Lipinski definition) is 5. The molecule has 1 aliphatic heterocycles. The Hall–Kier alpha value is -3.12. The van der Waals surface area contributed by atoms with E-state index in [1.54, 1.807) is 7.11 Å². The summed E-state index contributed by atoms with van der Waals surface area (Å²) in [5, 5.41) is 3.22. The Labute approximate surface area is 177 Å². The van der Waals surface area contributed by atoms with Gasteiger partial charge in [0.2, 0.25) is 0 Å². The smallest absolute Gasteiger partial charge is 0.278 e. The lowest BCUT2D eigenvalue weighted by Gasteiger charge is -2.15. The van der Waals surface area contributed by atoms with Crippen LogP contribution in [0.3, 0.4) is 0 Å². The van der Waals surface area contributed by atoms with Gasteiger partial charge in [0.05, 0.1) is 25.3 Å². The van der Waals surface area contributed by atoms with Crippen LogP contribution in [0.4, 0.5) is 5.69 Å². The van der Waals surface area contributed by atoms with Crippen LogP contribution in [-0.4, -0.2) is 43.6 Å². The number of imide groups is 1. The molecule has 0 spiro atoms. The average molecular weight is 408 g/mol. The number of benzene rings is 2. The molecule has 2 amide bonds. The predicted molar refractivity (Wildman–Crippen MR) is 117 cm³/mol. The van der Waals surface area contributed by atoms with E-state index in [9.17, 15) is 9.59 Å². The third-order valence-electron chi connectivity index (χ3n) is 4.94. The zero-order chi connectivity index (χ0) is 21.7. The summed E-state index contributed by atoms with van der Waals surface area (Å²) in [5.41, 5.74) is 4.24. The quantitative estimate of drug-likeness (QED) is 0.637. The Morgan fingerprint density at radius 3 is 2.33 bits per heavy atom. The molecular formula is C24H28N2O4. The van der Waals surface area contributed by atoms with E-state index in [4.69, 9.17) is 9.47 Å². The highest BCUT2D eigenvalue weighted by Gasteiger charge is 2.39. The lowest BCUT2D eigenvalue weighted by atomic mass is 10.0. The van der Waals surface area contributed by atoms with Crippen molar-refractivity contribution in [2.75, 3.05) is 32.2 Å². The minimum Gasteiger partial charge on any atom is -0.494 e. The predicted octanol–water partition coefficient (Wildman–Crippen LogP) is 3.93. The maximum absolute atomic E-state index is 13.1. The number of anilines is 1. The molecule has 30 heavy (non-hydrogen) atoms. The number of aryl methyl sites for hydroxylation is 2. The van der Waals surface area contributed by atoms with E-state index >= 15 is 0 Å². The third kappa shape index (κ3) is 4.54. The summed E-state index contributed by atoms with van der Waals surface area (Å²) in [5.74, 6) is 0.0583. The number of methoxy groups -OCH3 is 1. The molecule has 0 fully saturated rings. The molecule has 0 radical (unpaired) electrons. The molecule has 0 bridgehead atoms. The summed E-state index contributed by atoms with van der Waals surface area (Å²) in [6, 6.07) is 13.2. The maximum atomic E-state index is 13.1. The molecule has 0 atom stereocenters. The summed E-state index contributed by atoms with van der Waals surface area (Å²) in [4.78, 5) is 27.5. The molecule has 0 aliphatic carbocycles. The topological polar surface area (TPSA) is 67.9 Å². The number of rotatable bonds is 9. The van der Waals surface area contributed by atoms with Gasteiger partial charge < -0.3 is 14.8 Å². The van der Waals surface area contributed by atoms with Gasteiger partial charge in [-0.3, -0.25) is 14.5 Å². The van der Waals surface area contributed by atoms with Crippen molar-refractivity contribution >= 4 is 23.1 Å². The van der Waals surface area contributed by atoms with Crippen LogP contribution in [0, 0.1) is 13.8 Å². The monoisotopic (exact) mass is 408 g/mol. The third-order valence-corrected chi connectivity index (χ3v) is 4.94. The zero-order valence-electron chi connectivity index (χ0n) is 18.0. The van der Waals surface area contributed by atoms with Crippen LogP contribution in [0.2, 0.25) is 0 Å². The van der Waals surface area contributed by atoms with Crippen molar-refractivity contribution in [3.63, 3.8) is 0 Å². The van der Waals surface area contributed by atoms with Crippen molar-refractivity contribution < 1.29 is 19.1 Å². The Bertz CT molecular complexity index is 964. The first-order chi connectivity index (χ1) is 14.5. The Kier molecular flexibility index (Phi) is 6.90. The van der Waals surface area contributed by atoms with Crippen LogP contribution in [0.1, 0.15) is 30.0 Å². The Morgan fingerprint density at radius 2 is 1.70 bits per heavy atom. The molecule has 158 valence electrons. The molecule has 0 saturated heterocycles. The number of nitrogens with one attached hydrogen (secondary N) is 1. The molecule has 1 heterocycles. The van der Waals surface area contributed by atoms with E-state index in [1.807, 2.05) is 63.2 Å². The second-order valence-corrected chi connectivity index (χ2v) is 7.32. The number of carbonyl (C=O) groups excluding carboxylic acids is 2. The van der Waals surface area contributed by atoms with Gasteiger partial charge in [0.15, 0.2) is 0 Å². The molecule has 0 saturated carbocycles. The fourth-order valence-electron chi connectivity index (χ4n) is 3.37.